The lowest BCUT2D eigenvalue weighted by Crippen LogP contribution is -2.28. The average molecular weight is 125 g/mol. The van der Waals surface area contributed by atoms with Gasteiger partial charge in [0.25, 0.3) is 0 Å². The summed E-state index contributed by atoms with van der Waals surface area (Å²) in [5.41, 5.74) is 5.57. The van der Waals surface area contributed by atoms with E-state index in [1.807, 2.05) is 12.2 Å². The van der Waals surface area contributed by atoms with Crippen LogP contribution in [-0.4, -0.2) is 11.8 Å². The Morgan fingerprint density at radius 2 is 2.44 bits per heavy atom. The molecule has 1 aliphatic rings. The summed E-state index contributed by atoms with van der Waals surface area (Å²) >= 11 is 0. The molecule has 0 fully saturated rings. The summed E-state index contributed by atoms with van der Waals surface area (Å²) in [4.78, 5) is 10.7. The zero-order valence-electron chi connectivity index (χ0n) is 5.50. The normalized spacial score (nSPS) is 33.1. The van der Waals surface area contributed by atoms with Gasteiger partial charge in [0, 0.05) is 12.0 Å². The number of carbonyl (C=O) groups excluding carboxylic acids is 1. The monoisotopic (exact) mass is 125 g/mol. The Morgan fingerprint density at radius 1 is 1.78 bits per heavy atom. The molecule has 2 nitrogen and oxygen atoms in total. The Hall–Kier alpha value is -0.630. The summed E-state index contributed by atoms with van der Waals surface area (Å²) in [7, 11) is 0. The highest BCUT2D eigenvalue weighted by Gasteiger charge is 2.22. The van der Waals surface area contributed by atoms with Gasteiger partial charge in [-0.05, 0) is 13.3 Å². The second-order valence-electron chi connectivity index (χ2n) is 2.46. The Balaban J connectivity index is 2.55. The number of carbonyl (C=O) groups is 1. The molecule has 0 unspecified atom stereocenters. The third-order valence-corrected chi connectivity index (χ3v) is 1.74. The molecule has 0 bridgehead atoms. The van der Waals surface area contributed by atoms with Gasteiger partial charge in [-0.2, -0.15) is 0 Å². The Labute approximate surface area is 54.7 Å². The molecule has 0 radical (unpaired) electrons. The first kappa shape index (κ1) is 6.49. The summed E-state index contributed by atoms with van der Waals surface area (Å²) in [6.45, 7) is 1.59. The second kappa shape index (κ2) is 2.31. The topological polar surface area (TPSA) is 43.1 Å². The van der Waals surface area contributed by atoms with Crippen molar-refractivity contribution < 1.29 is 4.79 Å². The molecule has 0 aliphatic heterocycles. The zero-order valence-corrected chi connectivity index (χ0v) is 5.50. The second-order valence-corrected chi connectivity index (χ2v) is 2.46. The van der Waals surface area contributed by atoms with Gasteiger partial charge in [-0.25, -0.2) is 0 Å². The minimum absolute atomic E-state index is 0.0255. The van der Waals surface area contributed by atoms with E-state index in [9.17, 15) is 4.79 Å². The molecule has 0 aromatic heterocycles. The van der Waals surface area contributed by atoms with Gasteiger partial charge in [-0.1, -0.05) is 12.2 Å². The van der Waals surface area contributed by atoms with E-state index in [1.54, 1.807) is 6.92 Å². The van der Waals surface area contributed by atoms with Crippen LogP contribution in [0.25, 0.3) is 0 Å². The number of rotatable bonds is 1. The molecule has 0 spiro atoms. The Morgan fingerprint density at radius 3 is 2.67 bits per heavy atom. The maximum Gasteiger partial charge on any atom is 0.135 e. The van der Waals surface area contributed by atoms with Gasteiger partial charge in [0.05, 0.1) is 0 Å². The van der Waals surface area contributed by atoms with Crippen LogP contribution in [-0.2, 0) is 4.79 Å². The highest BCUT2D eigenvalue weighted by molar-refractivity contribution is 5.80. The van der Waals surface area contributed by atoms with Crippen molar-refractivity contribution in [2.24, 2.45) is 11.7 Å². The first-order valence-electron chi connectivity index (χ1n) is 3.14. The molecule has 9 heavy (non-hydrogen) atoms. The van der Waals surface area contributed by atoms with Crippen LogP contribution in [0.15, 0.2) is 12.2 Å². The highest BCUT2D eigenvalue weighted by atomic mass is 16.1. The van der Waals surface area contributed by atoms with Gasteiger partial charge in [0.1, 0.15) is 5.78 Å². The zero-order chi connectivity index (χ0) is 6.85. The van der Waals surface area contributed by atoms with Crippen LogP contribution in [0.3, 0.4) is 0 Å². The minimum Gasteiger partial charge on any atom is -0.324 e. The van der Waals surface area contributed by atoms with Crippen molar-refractivity contribution in [3.63, 3.8) is 0 Å². The van der Waals surface area contributed by atoms with Gasteiger partial charge >= 0.3 is 0 Å². The van der Waals surface area contributed by atoms with Gasteiger partial charge in [-0.3, -0.25) is 4.79 Å². The van der Waals surface area contributed by atoms with Crippen molar-refractivity contribution in [2.45, 2.75) is 19.4 Å². The van der Waals surface area contributed by atoms with Crippen LogP contribution in [0.1, 0.15) is 13.3 Å². The van der Waals surface area contributed by atoms with Crippen molar-refractivity contribution in [3.05, 3.63) is 12.2 Å². The molecule has 2 atom stereocenters. The molecule has 0 aromatic rings. The number of hydrogen-bond acceptors (Lipinski definition) is 2. The van der Waals surface area contributed by atoms with E-state index in [4.69, 9.17) is 5.73 Å². The first-order chi connectivity index (χ1) is 4.22. The van der Waals surface area contributed by atoms with Crippen LogP contribution in [0, 0.1) is 5.92 Å². The summed E-state index contributed by atoms with van der Waals surface area (Å²) in [5.74, 6) is 0.262. The number of ketones is 1. The van der Waals surface area contributed by atoms with Crippen molar-refractivity contribution in [1.29, 1.82) is 0 Å². The van der Waals surface area contributed by atoms with Gasteiger partial charge in [0.15, 0.2) is 0 Å². The molecule has 50 valence electrons. The molecule has 2 heteroatoms. The lowest BCUT2D eigenvalue weighted by atomic mass is 9.99. The molecule has 0 saturated heterocycles. The lowest BCUT2D eigenvalue weighted by Gasteiger charge is -2.09. The molecule has 0 heterocycles. The van der Waals surface area contributed by atoms with Crippen LogP contribution >= 0.6 is 0 Å². The third kappa shape index (κ3) is 1.19. The Kier molecular flexibility index (Phi) is 1.67. The maximum absolute atomic E-state index is 10.7. The van der Waals surface area contributed by atoms with E-state index in [2.05, 4.69) is 0 Å². The fraction of sp³-hybridized carbons (Fsp3) is 0.571. The number of Topliss-reactive ketones (excluding diaryl/α,β-unsaturated/α-hetero) is 1. The number of allylic oxidation sites excluding steroid dienone is 1. The standard InChI is InChI=1S/C7H11NO/c1-5(9)6-3-2-4-7(6)8/h2,4,6-7H,3,8H2,1H3/t6-,7-/m1/s1. The average Bonchev–Trinajstić information content (AvgIpc) is 2.13. The molecule has 0 saturated carbocycles. The van der Waals surface area contributed by atoms with Gasteiger partial charge < -0.3 is 5.73 Å². The molecule has 2 N–H and O–H groups in total. The minimum atomic E-state index is -0.0255. The molecule has 1 rings (SSSR count). The van der Waals surface area contributed by atoms with Crippen molar-refractivity contribution in [3.8, 4) is 0 Å². The summed E-state index contributed by atoms with van der Waals surface area (Å²) in [6.07, 6.45) is 4.69. The van der Waals surface area contributed by atoms with Crippen LogP contribution in [0.5, 0.6) is 0 Å². The van der Waals surface area contributed by atoms with Gasteiger partial charge in [-0.15, -0.1) is 0 Å². The Bertz CT molecular complexity index is 151. The van der Waals surface area contributed by atoms with E-state index < -0.39 is 0 Å². The SMILES string of the molecule is CC(=O)[C@H]1CC=C[C@H]1N. The van der Waals surface area contributed by atoms with Gasteiger partial charge in [0.2, 0.25) is 0 Å². The number of nitrogens with two attached hydrogens (primary N) is 1. The maximum atomic E-state index is 10.7. The molecule has 0 amide bonds. The predicted molar refractivity (Wildman–Crippen MR) is 35.9 cm³/mol. The smallest absolute Gasteiger partial charge is 0.135 e. The molecule has 1 aliphatic carbocycles. The molecular formula is C7H11NO. The van der Waals surface area contributed by atoms with Crippen molar-refractivity contribution in [2.75, 3.05) is 0 Å². The fourth-order valence-corrected chi connectivity index (χ4v) is 1.11. The van der Waals surface area contributed by atoms with E-state index in [0.717, 1.165) is 6.42 Å². The lowest BCUT2D eigenvalue weighted by molar-refractivity contribution is -0.120. The highest BCUT2D eigenvalue weighted by Crippen LogP contribution is 2.17. The van der Waals surface area contributed by atoms with Crippen LogP contribution in [0.4, 0.5) is 0 Å². The predicted octanol–water partition coefficient (Wildman–Crippen LogP) is 0.479. The summed E-state index contributed by atoms with van der Waals surface area (Å²) in [6, 6.07) is -0.0255. The van der Waals surface area contributed by atoms with E-state index in [-0.39, 0.29) is 17.7 Å². The largest absolute Gasteiger partial charge is 0.324 e. The summed E-state index contributed by atoms with van der Waals surface area (Å²) in [5, 5.41) is 0. The van der Waals surface area contributed by atoms with E-state index in [0.29, 0.717) is 0 Å². The first-order valence-corrected chi connectivity index (χ1v) is 3.14. The van der Waals surface area contributed by atoms with E-state index >= 15 is 0 Å². The van der Waals surface area contributed by atoms with E-state index in [1.165, 1.54) is 0 Å². The fourth-order valence-electron chi connectivity index (χ4n) is 1.11. The van der Waals surface area contributed by atoms with Crippen molar-refractivity contribution in [1.82, 2.24) is 0 Å². The quantitative estimate of drug-likeness (QED) is 0.518. The molecule has 0 aromatic carbocycles. The third-order valence-electron chi connectivity index (χ3n) is 1.74. The number of hydrogen-bond donors (Lipinski definition) is 1. The van der Waals surface area contributed by atoms with Crippen molar-refractivity contribution >= 4 is 5.78 Å². The summed E-state index contributed by atoms with van der Waals surface area (Å²) < 4.78 is 0. The van der Waals surface area contributed by atoms with Crippen LogP contribution < -0.4 is 5.73 Å². The molecular weight excluding hydrogens is 114 g/mol. The van der Waals surface area contributed by atoms with Crippen LogP contribution in [0.2, 0.25) is 0 Å².